The smallest absolute Gasteiger partial charge is 0.213 e. The van der Waals surface area contributed by atoms with Crippen LogP contribution in [0.1, 0.15) is 21.6 Å². The number of rotatable bonds is 5. The number of ketones is 1. The molecule has 1 aromatic heterocycles. The number of halogens is 2. The van der Waals surface area contributed by atoms with Crippen LogP contribution in [0.25, 0.3) is 0 Å². The van der Waals surface area contributed by atoms with Gasteiger partial charge in [-0.25, -0.2) is 0 Å². The van der Waals surface area contributed by atoms with Gasteiger partial charge in [-0.1, -0.05) is 12.1 Å². The fourth-order valence-corrected chi connectivity index (χ4v) is 2.81. The standard InChI is InChI=1S/C14H14Br2N2O2/c1-9-4-3-5-10(12(9)16)14(19)13-11(15)8-17-18(13)6-7-20-2/h3-5,8H,6-7H2,1-2H3. The summed E-state index contributed by atoms with van der Waals surface area (Å²) >= 11 is 6.87. The minimum absolute atomic E-state index is 0.0685. The second-order valence-electron chi connectivity index (χ2n) is 4.32. The number of aryl methyl sites for hydroxylation is 1. The molecule has 4 nitrogen and oxygen atoms in total. The zero-order chi connectivity index (χ0) is 14.7. The monoisotopic (exact) mass is 400 g/mol. The van der Waals surface area contributed by atoms with E-state index in [4.69, 9.17) is 4.74 Å². The van der Waals surface area contributed by atoms with Crippen LogP contribution in [0.4, 0.5) is 0 Å². The van der Waals surface area contributed by atoms with E-state index in [0.717, 1.165) is 10.0 Å². The Bertz CT molecular complexity index is 638. The van der Waals surface area contributed by atoms with Gasteiger partial charge in [0.05, 0.1) is 23.8 Å². The summed E-state index contributed by atoms with van der Waals surface area (Å²) in [5.41, 5.74) is 2.19. The zero-order valence-electron chi connectivity index (χ0n) is 11.2. The van der Waals surface area contributed by atoms with E-state index >= 15 is 0 Å². The summed E-state index contributed by atoms with van der Waals surface area (Å²) < 4.78 is 8.20. The summed E-state index contributed by atoms with van der Waals surface area (Å²) in [5, 5.41) is 4.21. The molecule has 0 bridgehead atoms. The van der Waals surface area contributed by atoms with Gasteiger partial charge < -0.3 is 4.74 Å². The molecule has 0 amide bonds. The van der Waals surface area contributed by atoms with E-state index < -0.39 is 0 Å². The third-order valence-corrected chi connectivity index (χ3v) is 4.59. The first-order valence-electron chi connectivity index (χ1n) is 6.06. The van der Waals surface area contributed by atoms with E-state index in [1.54, 1.807) is 24.1 Å². The Kier molecular flexibility index (Phi) is 5.12. The fraction of sp³-hybridized carbons (Fsp3) is 0.286. The summed E-state index contributed by atoms with van der Waals surface area (Å²) in [4.78, 5) is 12.7. The van der Waals surface area contributed by atoms with Crippen LogP contribution in [0.15, 0.2) is 33.3 Å². The molecule has 2 aromatic rings. The number of carbonyl (C=O) groups excluding carboxylic acids is 1. The Morgan fingerprint density at radius 2 is 2.15 bits per heavy atom. The third kappa shape index (κ3) is 3.02. The SMILES string of the molecule is COCCn1ncc(Br)c1C(=O)c1cccc(C)c1Br. The normalized spacial score (nSPS) is 10.8. The molecule has 0 radical (unpaired) electrons. The molecule has 6 heteroatoms. The number of aromatic nitrogens is 2. The van der Waals surface area contributed by atoms with Crippen molar-refractivity contribution in [2.24, 2.45) is 0 Å². The predicted octanol–water partition coefficient (Wildman–Crippen LogP) is 3.59. The van der Waals surface area contributed by atoms with Crippen LogP contribution < -0.4 is 0 Å². The molecular formula is C14H14Br2N2O2. The van der Waals surface area contributed by atoms with E-state index in [9.17, 15) is 4.79 Å². The van der Waals surface area contributed by atoms with Crippen molar-refractivity contribution in [3.05, 3.63) is 50.2 Å². The van der Waals surface area contributed by atoms with E-state index in [-0.39, 0.29) is 5.78 Å². The average molecular weight is 402 g/mol. The highest BCUT2D eigenvalue weighted by molar-refractivity contribution is 9.11. The Hall–Kier alpha value is -0.980. The number of methoxy groups -OCH3 is 1. The second-order valence-corrected chi connectivity index (χ2v) is 5.97. The van der Waals surface area contributed by atoms with Gasteiger partial charge in [0.1, 0.15) is 5.69 Å². The van der Waals surface area contributed by atoms with Gasteiger partial charge in [-0.3, -0.25) is 9.48 Å². The summed E-state index contributed by atoms with van der Waals surface area (Å²) in [5.74, 6) is -0.0685. The minimum atomic E-state index is -0.0685. The summed E-state index contributed by atoms with van der Waals surface area (Å²) in [6.45, 7) is 2.99. The van der Waals surface area contributed by atoms with Crippen LogP contribution in [0.2, 0.25) is 0 Å². The van der Waals surface area contributed by atoms with Crippen molar-refractivity contribution in [1.82, 2.24) is 9.78 Å². The maximum atomic E-state index is 12.7. The van der Waals surface area contributed by atoms with Crippen molar-refractivity contribution in [2.75, 3.05) is 13.7 Å². The number of benzene rings is 1. The lowest BCUT2D eigenvalue weighted by atomic mass is 10.1. The van der Waals surface area contributed by atoms with Gasteiger partial charge in [-0.15, -0.1) is 0 Å². The lowest BCUT2D eigenvalue weighted by molar-refractivity contribution is 0.102. The van der Waals surface area contributed by atoms with E-state index in [0.29, 0.717) is 28.9 Å². The minimum Gasteiger partial charge on any atom is -0.383 e. The number of nitrogens with zero attached hydrogens (tertiary/aromatic N) is 2. The molecule has 0 saturated carbocycles. The number of ether oxygens (including phenoxy) is 1. The summed E-state index contributed by atoms with van der Waals surface area (Å²) in [7, 11) is 1.62. The molecular weight excluding hydrogens is 388 g/mol. The quantitative estimate of drug-likeness (QED) is 0.719. The predicted molar refractivity (Wildman–Crippen MR) is 84.1 cm³/mol. The van der Waals surface area contributed by atoms with Crippen LogP contribution >= 0.6 is 31.9 Å². The molecule has 20 heavy (non-hydrogen) atoms. The first-order valence-corrected chi connectivity index (χ1v) is 7.65. The Morgan fingerprint density at radius 1 is 1.40 bits per heavy atom. The molecule has 0 aliphatic rings. The largest absolute Gasteiger partial charge is 0.383 e. The van der Waals surface area contributed by atoms with Crippen LogP contribution in [0.3, 0.4) is 0 Å². The van der Waals surface area contributed by atoms with E-state index in [2.05, 4.69) is 37.0 Å². The maximum Gasteiger partial charge on any atom is 0.213 e. The Morgan fingerprint density at radius 3 is 2.85 bits per heavy atom. The highest BCUT2D eigenvalue weighted by Gasteiger charge is 2.21. The molecule has 106 valence electrons. The second kappa shape index (κ2) is 6.65. The van der Waals surface area contributed by atoms with Crippen LogP contribution in [0, 0.1) is 6.92 Å². The molecule has 0 aliphatic heterocycles. The van der Waals surface area contributed by atoms with Crippen LogP contribution in [-0.4, -0.2) is 29.3 Å². The Labute approximate surface area is 134 Å². The maximum absolute atomic E-state index is 12.7. The van der Waals surface area contributed by atoms with Crippen molar-refractivity contribution in [3.63, 3.8) is 0 Å². The number of hydrogen-bond acceptors (Lipinski definition) is 3. The topological polar surface area (TPSA) is 44.1 Å². The highest BCUT2D eigenvalue weighted by Crippen LogP contribution is 2.26. The molecule has 0 aliphatic carbocycles. The van der Waals surface area contributed by atoms with Crippen molar-refractivity contribution in [3.8, 4) is 0 Å². The molecule has 2 rings (SSSR count). The van der Waals surface area contributed by atoms with Crippen molar-refractivity contribution in [2.45, 2.75) is 13.5 Å². The van der Waals surface area contributed by atoms with E-state index in [1.165, 1.54) is 0 Å². The molecule has 0 atom stereocenters. The van der Waals surface area contributed by atoms with Gasteiger partial charge >= 0.3 is 0 Å². The zero-order valence-corrected chi connectivity index (χ0v) is 14.4. The van der Waals surface area contributed by atoms with Gasteiger partial charge in [0.15, 0.2) is 0 Å². The van der Waals surface area contributed by atoms with Gasteiger partial charge in [0.2, 0.25) is 5.78 Å². The van der Waals surface area contributed by atoms with Gasteiger partial charge in [0.25, 0.3) is 0 Å². The molecule has 0 spiro atoms. The fourth-order valence-electron chi connectivity index (χ4n) is 1.89. The van der Waals surface area contributed by atoms with Crippen LogP contribution in [0.5, 0.6) is 0 Å². The van der Waals surface area contributed by atoms with Crippen molar-refractivity contribution in [1.29, 1.82) is 0 Å². The van der Waals surface area contributed by atoms with Crippen molar-refractivity contribution >= 4 is 37.6 Å². The number of carbonyl (C=O) groups is 1. The van der Waals surface area contributed by atoms with Crippen LogP contribution in [-0.2, 0) is 11.3 Å². The van der Waals surface area contributed by atoms with Gasteiger partial charge in [-0.05, 0) is 50.4 Å². The molecule has 0 fully saturated rings. The molecule has 1 heterocycles. The lowest BCUT2D eigenvalue weighted by Gasteiger charge is -2.09. The average Bonchev–Trinajstić information content (AvgIpc) is 2.80. The summed E-state index contributed by atoms with van der Waals surface area (Å²) in [6, 6.07) is 5.63. The highest BCUT2D eigenvalue weighted by atomic mass is 79.9. The summed E-state index contributed by atoms with van der Waals surface area (Å²) in [6.07, 6.45) is 1.63. The van der Waals surface area contributed by atoms with Gasteiger partial charge in [-0.2, -0.15) is 5.10 Å². The first-order chi connectivity index (χ1) is 9.56. The Balaban J connectivity index is 2.43. The molecule has 0 unspecified atom stereocenters. The van der Waals surface area contributed by atoms with Gasteiger partial charge in [0, 0.05) is 17.1 Å². The number of hydrogen-bond donors (Lipinski definition) is 0. The molecule has 1 aromatic carbocycles. The van der Waals surface area contributed by atoms with E-state index in [1.807, 2.05) is 19.1 Å². The van der Waals surface area contributed by atoms with Crippen molar-refractivity contribution < 1.29 is 9.53 Å². The lowest BCUT2D eigenvalue weighted by Crippen LogP contribution is -2.15. The first kappa shape index (κ1) is 15.4. The third-order valence-electron chi connectivity index (χ3n) is 2.95. The molecule has 0 saturated heterocycles. The molecule has 0 N–H and O–H groups in total.